The van der Waals surface area contributed by atoms with E-state index >= 15 is 0 Å². The summed E-state index contributed by atoms with van der Waals surface area (Å²) >= 11 is 0. The smallest absolute Gasteiger partial charge is 0.341 e. The Hall–Kier alpha value is -1.82. The normalized spacial score (nSPS) is 12.0. The van der Waals surface area contributed by atoms with Crippen LogP contribution in [0.25, 0.3) is 0 Å². The number of nitrogen functional groups attached to an aromatic ring is 1. The number of hydrogen-bond acceptors (Lipinski definition) is 6. The molecule has 1 atom stereocenters. The second-order valence-corrected chi connectivity index (χ2v) is 4.57. The lowest BCUT2D eigenvalue weighted by atomic mass is 10.1. The summed E-state index contributed by atoms with van der Waals surface area (Å²) in [4.78, 5) is 18.3. The average molecular weight is 281 g/mol. The highest BCUT2D eigenvalue weighted by molar-refractivity contribution is 5.95. The summed E-state index contributed by atoms with van der Waals surface area (Å²) in [5, 5.41) is 0. The maximum absolute atomic E-state index is 11.9. The number of hydrogen-bond donors (Lipinski definition) is 1. The van der Waals surface area contributed by atoms with Crippen LogP contribution in [0.2, 0.25) is 0 Å². The van der Waals surface area contributed by atoms with E-state index in [1.54, 1.807) is 19.4 Å². The summed E-state index contributed by atoms with van der Waals surface area (Å²) in [5.41, 5.74) is 6.53. The summed E-state index contributed by atoms with van der Waals surface area (Å²) in [7, 11) is 2.99. The van der Waals surface area contributed by atoms with E-state index in [4.69, 9.17) is 15.2 Å². The minimum atomic E-state index is -0.439. The number of methoxy groups -OCH3 is 2. The van der Waals surface area contributed by atoms with Crippen LogP contribution in [0, 0.1) is 0 Å². The van der Waals surface area contributed by atoms with Crippen LogP contribution >= 0.6 is 0 Å². The number of pyridine rings is 1. The Morgan fingerprint density at radius 1 is 1.50 bits per heavy atom. The van der Waals surface area contributed by atoms with Crippen LogP contribution in [0.5, 0.6) is 0 Å². The molecule has 1 heterocycles. The second-order valence-electron chi connectivity index (χ2n) is 4.57. The zero-order chi connectivity index (χ0) is 15.1. The van der Waals surface area contributed by atoms with Crippen molar-refractivity contribution >= 4 is 17.5 Å². The van der Waals surface area contributed by atoms with Crippen LogP contribution in [-0.4, -0.2) is 44.4 Å². The standard InChI is InChI=1S/C14H23N3O3/c1-5-10(2)17(6-7-19-3)13-12(14(18)20-4)8-11(15)9-16-13/h8-10H,5-7,15H2,1-4H3. The Labute approximate surface area is 119 Å². The van der Waals surface area contributed by atoms with Gasteiger partial charge < -0.3 is 20.1 Å². The lowest BCUT2D eigenvalue weighted by Gasteiger charge is -2.30. The Bertz CT molecular complexity index is 451. The van der Waals surface area contributed by atoms with Gasteiger partial charge in [0.05, 0.1) is 25.6 Å². The highest BCUT2D eigenvalue weighted by Gasteiger charge is 2.22. The van der Waals surface area contributed by atoms with Gasteiger partial charge >= 0.3 is 5.97 Å². The maximum atomic E-state index is 11.9. The highest BCUT2D eigenvalue weighted by Crippen LogP contribution is 2.23. The van der Waals surface area contributed by atoms with Gasteiger partial charge in [0.2, 0.25) is 0 Å². The second kappa shape index (κ2) is 7.69. The molecule has 1 rings (SSSR count). The maximum Gasteiger partial charge on any atom is 0.341 e. The third-order valence-corrected chi connectivity index (χ3v) is 3.22. The van der Waals surface area contributed by atoms with Crippen molar-refractivity contribution < 1.29 is 14.3 Å². The van der Waals surface area contributed by atoms with Gasteiger partial charge in [-0.05, 0) is 19.4 Å². The van der Waals surface area contributed by atoms with Gasteiger partial charge in [-0.1, -0.05) is 6.92 Å². The van der Waals surface area contributed by atoms with Crippen LogP contribution in [0.3, 0.4) is 0 Å². The Morgan fingerprint density at radius 3 is 2.75 bits per heavy atom. The molecule has 0 amide bonds. The molecule has 0 aromatic carbocycles. The summed E-state index contributed by atoms with van der Waals surface area (Å²) in [6.45, 7) is 5.36. The predicted molar refractivity (Wildman–Crippen MR) is 79.0 cm³/mol. The number of nitrogens with zero attached hydrogens (tertiary/aromatic N) is 2. The van der Waals surface area contributed by atoms with E-state index < -0.39 is 5.97 Å². The number of anilines is 2. The molecule has 0 saturated carbocycles. The van der Waals surface area contributed by atoms with Crippen LogP contribution in [0.15, 0.2) is 12.3 Å². The number of aromatic nitrogens is 1. The number of nitrogens with two attached hydrogens (primary N) is 1. The first kappa shape index (κ1) is 16.2. The number of esters is 1. The molecule has 6 nitrogen and oxygen atoms in total. The van der Waals surface area contributed by atoms with Crippen molar-refractivity contribution in [2.45, 2.75) is 26.3 Å². The summed E-state index contributed by atoms with van der Waals surface area (Å²) in [6, 6.07) is 1.82. The third kappa shape index (κ3) is 3.84. The van der Waals surface area contributed by atoms with Crippen LogP contribution in [0.1, 0.15) is 30.6 Å². The Kier molecular flexibility index (Phi) is 6.24. The van der Waals surface area contributed by atoms with Gasteiger partial charge in [0.15, 0.2) is 0 Å². The van der Waals surface area contributed by atoms with Crippen molar-refractivity contribution in [2.24, 2.45) is 0 Å². The van der Waals surface area contributed by atoms with E-state index in [2.05, 4.69) is 18.8 Å². The topological polar surface area (TPSA) is 77.7 Å². The lowest BCUT2D eigenvalue weighted by Crippen LogP contribution is -2.37. The zero-order valence-corrected chi connectivity index (χ0v) is 12.5. The fourth-order valence-corrected chi connectivity index (χ4v) is 1.91. The van der Waals surface area contributed by atoms with Gasteiger partial charge in [-0.2, -0.15) is 0 Å². The zero-order valence-electron chi connectivity index (χ0n) is 12.5. The Morgan fingerprint density at radius 2 is 2.20 bits per heavy atom. The molecule has 112 valence electrons. The quantitative estimate of drug-likeness (QED) is 0.766. The fraction of sp³-hybridized carbons (Fsp3) is 0.571. The van der Waals surface area contributed by atoms with Crippen molar-refractivity contribution in [2.75, 3.05) is 38.0 Å². The number of rotatable bonds is 7. The van der Waals surface area contributed by atoms with Crippen molar-refractivity contribution in [3.05, 3.63) is 17.8 Å². The van der Waals surface area contributed by atoms with Crippen molar-refractivity contribution in [3.63, 3.8) is 0 Å². The summed E-state index contributed by atoms with van der Waals surface area (Å²) < 4.78 is 9.94. The molecule has 1 unspecified atom stereocenters. The molecule has 0 radical (unpaired) electrons. The van der Waals surface area contributed by atoms with Gasteiger partial charge in [0, 0.05) is 19.7 Å². The van der Waals surface area contributed by atoms with Crippen molar-refractivity contribution in [1.82, 2.24) is 4.98 Å². The highest BCUT2D eigenvalue weighted by atomic mass is 16.5. The molecule has 0 spiro atoms. The van der Waals surface area contributed by atoms with Gasteiger partial charge in [-0.15, -0.1) is 0 Å². The van der Waals surface area contributed by atoms with Gasteiger partial charge in [0.1, 0.15) is 11.4 Å². The molecule has 0 saturated heterocycles. The molecule has 1 aromatic rings. The molecule has 0 aliphatic heterocycles. The number of ether oxygens (including phenoxy) is 2. The molecule has 6 heteroatoms. The first-order chi connectivity index (χ1) is 9.54. The van der Waals surface area contributed by atoms with Crippen LogP contribution < -0.4 is 10.6 Å². The minimum absolute atomic E-state index is 0.227. The summed E-state index contributed by atoms with van der Waals surface area (Å²) in [5.74, 6) is 0.142. The molecule has 2 N–H and O–H groups in total. The number of carbonyl (C=O) groups is 1. The Balaban J connectivity index is 3.20. The lowest BCUT2D eigenvalue weighted by molar-refractivity contribution is 0.0601. The van der Waals surface area contributed by atoms with Crippen molar-refractivity contribution in [1.29, 1.82) is 0 Å². The molecule has 0 aliphatic carbocycles. The molecular weight excluding hydrogens is 258 g/mol. The van der Waals surface area contributed by atoms with Gasteiger partial charge in [0.25, 0.3) is 0 Å². The van der Waals surface area contributed by atoms with Gasteiger partial charge in [-0.3, -0.25) is 0 Å². The molecule has 1 aromatic heterocycles. The largest absolute Gasteiger partial charge is 0.465 e. The van der Waals surface area contributed by atoms with E-state index in [9.17, 15) is 4.79 Å². The summed E-state index contributed by atoms with van der Waals surface area (Å²) in [6.07, 6.45) is 2.47. The molecule has 0 bridgehead atoms. The fourth-order valence-electron chi connectivity index (χ4n) is 1.91. The van der Waals surface area contributed by atoms with E-state index in [1.165, 1.54) is 7.11 Å². The van der Waals surface area contributed by atoms with E-state index in [0.717, 1.165) is 6.42 Å². The predicted octanol–water partition coefficient (Wildman–Crippen LogP) is 1.70. The number of carbonyl (C=O) groups excluding carboxylic acids is 1. The van der Waals surface area contributed by atoms with E-state index in [0.29, 0.717) is 30.2 Å². The molecule has 0 fully saturated rings. The van der Waals surface area contributed by atoms with Gasteiger partial charge in [-0.25, -0.2) is 9.78 Å². The first-order valence-corrected chi connectivity index (χ1v) is 6.64. The molecule has 20 heavy (non-hydrogen) atoms. The minimum Gasteiger partial charge on any atom is -0.465 e. The average Bonchev–Trinajstić information content (AvgIpc) is 2.47. The van der Waals surface area contributed by atoms with E-state index in [-0.39, 0.29) is 6.04 Å². The van der Waals surface area contributed by atoms with Crippen LogP contribution in [-0.2, 0) is 9.47 Å². The molecule has 0 aliphatic rings. The van der Waals surface area contributed by atoms with Crippen molar-refractivity contribution in [3.8, 4) is 0 Å². The first-order valence-electron chi connectivity index (χ1n) is 6.64. The SMILES string of the molecule is CCC(C)N(CCOC)c1ncc(N)cc1C(=O)OC. The third-order valence-electron chi connectivity index (χ3n) is 3.22. The van der Waals surface area contributed by atoms with Crippen LogP contribution in [0.4, 0.5) is 11.5 Å². The monoisotopic (exact) mass is 281 g/mol. The van der Waals surface area contributed by atoms with E-state index in [1.807, 2.05) is 4.90 Å². The molecular formula is C14H23N3O3.